The van der Waals surface area contributed by atoms with Crippen molar-refractivity contribution < 1.29 is 9.90 Å². The third-order valence-electron chi connectivity index (χ3n) is 3.30. The Bertz CT molecular complexity index is 200. The van der Waals surface area contributed by atoms with E-state index < -0.39 is 0 Å². The molecular formula is C14H30N2O2. The molecule has 18 heavy (non-hydrogen) atoms. The molecule has 1 atom stereocenters. The second kappa shape index (κ2) is 11.5. The molecule has 0 aliphatic rings. The first-order chi connectivity index (χ1) is 8.67. The van der Waals surface area contributed by atoms with Crippen molar-refractivity contribution in [2.75, 3.05) is 19.7 Å². The maximum atomic E-state index is 11.6. The number of aliphatic hydroxyl groups excluding tert-OH is 1. The van der Waals surface area contributed by atoms with Gasteiger partial charge in [-0.15, -0.1) is 0 Å². The summed E-state index contributed by atoms with van der Waals surface area (Å²) < 4.78 is 0. The number of rotatable bonds is 11. The monoisotopic (exact) mass is 258 g/mol. The maximum absolute atomic E-state index is 11.6. The van der Waals surface area contributed by atoms with Gasteiger partial charge in [-0.3, -0.25) is 4.79 Å². The highest BCUT2D eigenvalue weighted by Crippen LogP contribution is 2.08. The highest BCUT2D eigenvalue weighted by molar-refractivity contribution is 5.78. The van der Waals surface area contributed by atoms with Gasteiger partial charge in [-0.2, -0.15) is 0 Å². The van der Waals surface area contributed by atoms with Crippen molar-refractivity contribution in [3.63, 3.8) is 0 Å². The van der Waals surface area contributed by atoms with Crippen molar-refractivity contribution in [1.29, 1.82) is 0 Å². The Balaban J connectivity index is 3.76. The van der Waals surface area contributed by atoms with Gasteiger partial charge in [-0.25, -0.2) is 0 Å². The SMILES string of the molecule is CCCC(CCO)CNCC(=O)NC(CC)CC. The van der Waals surface area contributed by atoms with Crippen molar-refractivity contribution in [2.45, 2.75) is 58.9 Å². The summed E-state index contributed by atoms with van der Waals surface area (Å²) in [6, 6.07) is 0.295. The third-order valence-corrected chi connectivity index (χ3v) is 3.30. The van der Waals surface area contributed by atoms with Crippen molar-refractivity contribution in [3.05, 3.63) is 0 Å². The molecule has 4 heteroatoms. The molecule has 0 aromatic carbocycles. The fourth-order valence-electron chi connectivity index (χ4n) is 2.10. The van der Waals surface area contributed by atoms with E-state index in [-0.39, 0.29) is 12.5 Å². The zero-order chi connectivity index (χ0) is 13.8. The van der Waals surface area contributed by atoms with Crippen LogP contribution in [0.5, 0.6) is 0 Å². The van der Waals surface area contributed by atoms with E-state index in [9.17, 15) is 4.79 Å². The van der Waals surface area contributed by atoms with E-state index in [2.05, 4.69) is 31.4 Å². The Morgan fingerprint density at radius 1 is 1.17 bits per heavy atom. The van der Waals surface area contributed by atoms with E-state index >= 15 is 0 Å². The minimum absolute atomic E-state index is 0.0722. The molecule has 0 radical (unpaired) electrons. The molecule has 3 N–H and O–H groups in total. The molecule has 0 rings (SSSR count). The van der Waals surface area contributed by atoms with Gasteiger partial charge in [0.05, 0.1) is 6.54 Å². The molecule has 0 heterocycles. The first kappa shape index (κ1) is 17.4. The minimum atomic E-state index is 0.0722. The van der Waals surface area contributed by atoms with E-state index in [1.54, 1.807) is 0 Å². The normalized spacial score (nSPS) is 12.7. The van der Waals surface area contributed by atoms with E-state index in [1.807, 2.05) is 0 Å². The molecule has 1 amide bonds. The lowest BCUT2D eigenvalue weighted by molar-refractivity contribution is -0.121. The summed E-state index contributed by atoms with van der Waals surface area (Å²) in [5, 5.41) is 15.1. The van der Waals surface area contributed by atoms with Gasteiger partial charge in [-0.05, 0) is 38.1 Å². The maximum Gasteiger partial charge on any atom is 0.234 e. The Morgan fingerprint density at radius 2 is 1.83 bits per heavy atom. The van der Waals surface area contributed by atoms with Gasteiger partial charge in [0.25, 0.3) is 0 Å². The predicted molar refractivity (Wildman–Crippen MR) is 75.5 cm³/mol. The summed E-state index contributed by atoms with van der Waals surface area (Å²) in [4.78, 5) is 11.6. The lowest BCUT2D eigenvalue weighted by Crippen LogP contribution is -2.41. The highest BCUT2D eigenvalue weighted by Gasteiger charge is 2.10. The van der Waals surface area contributed by atoms with Crippen LogP contribution in [0.25, 0.3) is 0 Å². The largest absolute Gasteiger partial charge is 0.396 e. The van der Waals surface area contributed by atoms with E-state index in [4.69, 9.17) is 5.11 Å². The number of carbonyl (C=O) groups is 1. The molecule has 0 bridgehead atoms. The van der Waals surface area contributed by atoms with E-state index in [0.29, 0.717) is 18.5 Å². The number of nitrogens with one attached hydrogen (secondary N) is 2. The molecule has 0 saturated heterocycles. The summed E-state index contributed by atoms with van der Waals surface area (Å²) in [6.07, 6.45) is 4.99. The third kappa shape index (κ3) is 8.48. The van der Waals surface area contributed by atoms with Crippen LogP contribution in [0.3, 0.4) is 0 Å². The molecule has 0 spiro atoms. The Kier molecular flexibility index (Phi) is 11.1. The van der Waals surface area contributed by atoms with Gasteiger partial charge in [0.15, 0.2) is 0 Å². The van der Waals surface area contributed by atoms with Crippen LogP contribution in [-0.4, -0.2) is 36.8 Å². The van der Waals surface area contributed by atoms with Crippen molar-refractivity contribution in [3.8, 4) is 0 Å². The Labute approximate surface area is 112 Å². The molecule has 1 unspecified atom stereocenters. The smallest absolute Gasteiger partial charge is 0.234 e. The van der Waals surface area contributed by atoms with E-state index in [0.717, 1.165) is 38.6 Å². The zero-order valence-electron chi connectivity index (χ0n) is 12.2. The predicted octanol–water partition coefficient (Wildman–Crippen LogP) is 1.68. The fourth-order valence-corrected chi connectivity index (χ4v) is 2.10. The molecule has 0 aromatic rings. The average molecular weight is 258 g/mol. The minimum Gasteiger partial charge on any atom is -0.396 e. The van der Waals surface area contributed by atoms with Crippen molar-refractivity contribution in [1.82, 2.24) is 10.6 Å². The molecular weight excluding hydrogens is 228 g/mol. The average Bonchev–Trinajstić information content (AvgIpc) is 2.36. The summed E-state index contributed by atoms with van der Waals surface area (Å²) in [6.45, 7) is 7.73. The molecule has 0 aromatic heterocycles. The molecule has 4 nitrogen and oxygen atoms in total. The lowest BCUT2D eigenvalue weighted by Gasteiger charge is -2.17. The van der Waals surface area contributed by atoms with Gasteiger partial charge in [0.2, 0.25) is 5.91 Å². The van der Waals surface area contributed by atoms with Gasteiger partial charge >= 0.3 is 0 Å². The first-order valence-electron chi connectivity index (χ1n) is 7.28. The van der Waals surface area contributed by atoms with Crippen LogP contribution in [0.1, 0.15) is 52.9 Å². The Hall–Kier alpha value is -0.610. The van der Waals surface area contributed by atoms with Gasteiger partial charge in [-0.1, -0.05) is 27.2 Å². The van der Waals surface area contributed by atoms with Gasteiger partial charge < -0.3 is 15.7 Å². The second-order valence-electron chi connectivity index (χ2n) is 4.88. The number of aliphatic hydroxyl groups is 1. The molecule has 108 valence electrons. The van der Waals surface area contributed by atoms with Crippen LogP contribution in [0, 0.1) is 5.92 Å². The highest BCUT2D eigenvalue weighted by atomic mass is 16.3. The summed E-state index contributed by atoms with van der Waals surface area (Å²) in [5.74, 6) is 0.545. The zero-order valence-corrected chi connectivity index (χ0v) is 12.2. The van der Waals surface area contributed by atoms with Crippen LogP contribution in [0.2, 0.25) is 0 Å². The topological polar surface area (TPSA) is 61.4 Å². The molecule has 0 aliphatic heterocycles. The summed E-state index contributed by atoms with van der Waals surface area (Å²) in [7, 11) is 0. The van der Waals surface area contributed by atoms with Crippen LogP contribution in [-0.2, 0) is 4.79 Å². The van der Waals surface area contributed by atoms with Crippen molar-refractivity contribution >= 4 is 5.91 Å². The number of carbonyl (C=O) groups excluding carboxylic acids is 1. The quantitative estimate of drug-likeness (QED) is 0.528. The van der Waals surface area contributed by atoms with Crippen LogP contribution in [0.4, 0.5) is 0 Å². The number of hydrogen-bond donors (Lipinski definition) is 3. The summed E-state index contributed by atoms with van der Waals surface area (Å²) in [5.41, 5.74) is 0. The molecule has 0 fully saturated rings. The van der Waals surface area contributed by atoms with Crippen LogP contribution in [0.15, 0.2) is 0 Å². The molecule has 0 aliphatic carbocycles. The van der Waals surface area contributed by atoms with Gasteiger partial charge in [0, 0.05) is 12.6 Å². The van der Waals surface area contributed by atoms with Crippen molar-refractivity contribution in [2.24, 2.45) is 5.92 Å². The van der Waals surface area contributed by atoms with Crippen LogP contribution >= 0.6 is 0 Å². The number of hydrogen-bond acceptors (Lipinski definition) is 3. The first-order valence-corrected chi connectivity index (χ1v) is 7.28. The summed E-state index contributed by atoms with van der Waals surface area (Å²) >= 11 is 0. The van der Waals surface area contributed by atoms with E-state index in [1.165, 1.54) is 0 Å². The number of amides is 1. The molecule has 0 saturated carbocycles. The second-order valence-corrected chi connectivity index (χ2v) is 4.88. The standard InChI is InChI=1S/C14H30N2O2/c1-4-7-12(8-9-17)10-15-11-14(18)16-13(5-2)6-3/h12-13,15,17H,4-11H2,1-3H3,(H,16,18). The van der Waals surface area contributed by atoms with Crippen LogP contribution < -0.4 is 10.6 Å². The Morgan fingerprint density at radius 3 is 2.33 bits per heavy atom. The van der Waals surface area contributed by atoms with Gasteiger partial charge in [0.1, 0.15) is 0 Å². The lowest BCUT2D eigenvalue weighted by atomic mass is 10.0. The fraction of sp³-hybridized carbons (Fsp3) is 0.929.